The van der Waals surface area contributed by atoms with Crippen LogP contribution in [0.15, 0.2) is 15.8 Å². The van der Waals surface area contributed by atoms with E-state index in [4.69, 9.17) is 0 Å². The van der Waals surface area contributed by atoms with Crippen LogP contribution >= 0.6 is 11.8 Å². The molecule has 1 heterocycles. The molecule has 0 spiro atoms. The Kier molecular flexibility index (Phi) is 4.44. The zero-order chi connectivity index (χ0) is 13.1. The highest BCUT2D eigenvalue weighted by Crippen LogP contribution is 2.29. The van der Waals surface area contributed by atoms with Gasteiger partial charge in [-0.3, -0.25) is 14.3 Å². The number of nitrogens with zero attached hydrogens (tertiary/aromatic N) is 1. The first-order chi connectivity index (χ1) is 7.83. The molecule has 0 fully saturated rings. The van der Waals surface area contributed by atoms with Crippen LogP contribution in [0.3, 0.4) is 0 Å². The van der Waals surface area contributed by atoms with Gasteiger partial charge in [-0.25, -0.2) is 4.79 Å². The number of hydrogen-bond donors (Lipinski definition) is 1. The zero-order valence-corrected chi connectivity index (χ0v) is 9.82. The Morgan fingerprint density at radius 1 is 1.41 bits per heavy atom. The van der Waals surface area contributed by atoms with Gasteiger partial charge in [0.25, 0.3) is 5.56 Å². The molecule has 4 nitrogen and oxygen atoms in total. The zero-order valence-electron chi connectivity index (χ0n) is 9.00. The summed E-state index contributed by atoms with van der Waals surface area (Å²) in [6.07, 6.45) is 1.72. The first kappa shape index (κ1) is 13.9. The largest absolute Gasteiger partial charge is 0.441 e. The third kappa shape index (κ3) is 4.29. The van der Waals surface area contributed by atoms with Crippen molar-refractivity contribution in [3.8, 4) is 0 Å². The van der Waals surface area contributed by atoms with Crippen molar-refractivity contribution in [2.45, 2.75) is 25.4 Å². The summed E-state index contributed by atoms with van der Waals surface area (Å²) in [5.41, 5.74) is -5.10. The maximum Gasteiger partial charge on any atom is 0.441 e. The maximum atomic E-state index is 11.9. The van der Waals surface area contributed by atoms with Gasteiger partial charge in [-0.15, -0.1) is 0 Å². The van der Waals surface area contributed by atoms with Crippen molar-refractivity contribution >= 4 is 11.8 Å². The standard InChI is InChI=1S/C9H11F3N2O2S/c1-2-6-5-14(8(16)13-7(6)15)3-4-17-9(10,11)12/h5H,2-4H2,1H3,(H,13,15,16). The molecule has 0 aliphatic carbocycles. The Labute approximate surface area is 98.8 Å². The monoisotopic (exact) mass is 268 g/mol. The third-order valence-electron chi connectivity index (χ3n) is 2.06. The second kappa shape index (κ2) is 5.44. The molecule has 0 saturated carbocycles. The Hall–Kier alpha value is -1.18. The minimum absolute atomic E-state index is 0.0905. The first-order valence-corrected chi connectivity index (χ1v) is 5.85. The number of H-pyrrole nitrogens is 1. The SMILES string of the molecule is CCc1cn(CCSC(F)(F)F)c(=O)[nH]c1=O. The Morgan fingerprint density at radius 2 is 2.06 bits per heavy atom. The summed E-state index contributed by atoms with van der Waals surface area (Å²) >= 11 is -0.197. The number of nitrogens with one attached hydrogen (secondary N) is 1. The molecule has 0 radical (unpaired) electrons. The highest BCUT2D eigenvalue weighted by Gasteiger charge is 2.27. The predicted octanol–water partition coefficient (Wildman–Crippen LogP) is 1.35. The van der Waals surface area contributed by atoms with Crippen LogP contribution in [-0.4, -0.2) is 20.8 Å². The van der Waals surface area contributed by atoms with Gasteiger partial charge in [0, 0.05) is 24.1 Å². The lowest BCUT2D eigenvalue weighted by Crippen LogP contribution is -2.32. The first-order valence-electron chi connectivity index (χ1n) is 4.87. The molecule has 96 valence electrons. The van der Waals surface area contributed by atoms with Crippen LogP contribution in [0.5, 0.6) is 0 Å². The summed E-state index contributed by atoms with van der Waals surface area (Å²) in [4.78, 5) is 24.6. The topological polar surface area (TPSA) is 54.9 Å². The summed E-state index contributed by atoms with van der Waals surface area (Å²) in [6, 6.07) is 0. The second-order valence-corrected chi connectivity index (χ2v) is 4.41. The van der Waals surface area contributed by atoms with Gasteiger partial charge in [-0.1, -0.05) is 6.92 Å². The van der Waals surface area contributed by atoms with Crippen molar-refractivity contribution in [3.05, 3.63) is 32.6 Å². The number of aryl methyl sites for hydroxylation is 2. The molecular formula is C9H11F3N2O2S. The molecule has 0 aliphatic heterocycles. The van der Waals surface area contributed by atoms with Gasteiger partial charge in [0.2, 0.25) is 0 Å². The number of hydrogen-bond acceptors (Lipinski definition) is 3. The molecule has 1 rings (SSSR count). The van der Waals surface area contributed by atoms with E-state index in [-0.39, 0.29) is 24.1 Å². The molecule has 0 bridgehead atoms. The van der Waals surface area contributed by atoms with Crippen LogP contribution in [-0.2, 0) is 13.0 Å². The summed E-state index contributed by atoms with van der Waals surface area (Å²) in [7, 11) is 0. The highest BCUT2D eigenvalue weighted by molar-refractivity contribution is 8.00. The summed E-state index contributed by atoms with van der Waals surface area (Å²) in [5.74, 6) is -0.265. The van der Waals surface area contributed by atoms with Gasteiger partial charge in [0.05, 0.1) is 0 Å². The Balaban J connectivity index is 2.78. The Bertz CT molecular complexity index is 492. The van der Waals surface area contributed by atoms with Crippen molar-refractivity contribution in [3.63, 3.8) is 0 Å². The number of alkyl halides is 3. The van der Waals surface area contributed by atoms with Gasteiger partial charge in [-0.05, 0) is 18.2 Å². The highest BCUT2D eigenvalue weighted by atomic mass is 32.2. The fourth-order valence-corrected chi connectivity index (χ4v) is 1.75. The number of aromatic nitrogens is 2. The number of rotatable bonds is 4. The fraction of sp³-hybridized carbons (Fsp3) is 0.556. The van der Waals surface area contributed by atoms with E-state index in [0.29, 0.717) is 12.0 Å². The number of halogens is 3. The van der Waals surface area contributed by atoms with Crippen LogP contribution in [0, 0.1) is 0 Å². The number of thioether (sulfide) groups is 1. The van der Waals surface area contributed by atoms with E-state index in [2.05, 4.69) is 4.98 Å². The van der Waals surface area contributed by atoms with Gasteiger partial charge in [-0.2, -0.15) is 13.2 Å². The van der Waals surface area contributed by atoms with E-state index >= 15 is 0 Å². The lowest BCUT2D eigenvalue weighted by molar-refractivity contribution is -0.0328. The molecule has 0 aromatic carbocycles. The van der Waals surface area contributed by atoms with Crippen molar-refractivity contribution in [1.82, 2.24) is 9.55 Å². The molecular weight excluding hydrogens is 257 g/mol. The van der Waals surface area contributed by atoms with Crippen LogP contribution < -0.4 is 11.2 Å². The lowest BCUT2D eigenvalue weighted by Gasteiger charge is -2.08. The summed E-state index contributed by atoms with van der Waals surface area (Å²) < 4.78 is 36.7. The fourth-order valence-electron chi connectivity index (χ4n) is 1.23. The third-order valence-corrected chi connectivity index (χ3v) is 2.78. The molecule has 1 aromatic rings. The Morgan fingerprint density at radius 3 is 2.59 bits per heavy atom. The normalized spacial score (nSPS) is 11.8. The van der Waals surface area contributed by atoms with Crippen LogP contribution in [0.1, 0.15) is 12.5 Å². The van der Waals surface area contributed by atoms with E-state index in [1.54, 1.807) is 6.92 Å². The van der Waals surface area contributed by atoms with Crippen LogP contribution in [0.2, 0.25) is 0 Å². The predicted molar refractivity (Wildman–Crippen MR) is 59.2 cm³/mol. The van der Waals surface area contributed by atoms with E-state index < -0.39 is 16.8 Å². The van der Waals surface area contributed by atoms with Gasteiger partial charge in [0.15, 0.2) is 0 Å². The maximum absolute atomic E-state index is 11.9. The molecule has 8 heteroatoms. The smallest absolute Gasteiger partial charge is 0.299 e. The van der Waals surface area contributed by atoms with Crippen molar-refractivity contribution in [2.75, 3.05) is 5.75 Å². The molecule has 0 amide bonds. The van der Waals surface area contributed by atoms with Gasteiger partial charge < -0.3 is 0 Å². The molecule has 0 saturated heterocycles. The van der Waals surface area contributed by atoms with Gasteiger partial charge in [0.1, 0.15) is 0 Å². The minimum Gasteiger partial charge on any atom is -0.299 e. The molecule has 0 unspecified atom stereocenters. The summed E-state index contributed by atoms with van der Waals surface area (Å²) in [6.45, 7) is 1.64. The molecule has 0 aliphatic rings. The number of aromatic amines is 1. The van der Waals surface area contributed by atoms with E-state index in [0.717, 1.165) is 4.57 Å². The summed E-state index contributed by atoms with van der Waals surface area (Å²) in [5, 5.41) is 0. The van der Waals surface area contributed by atoms with Gasteiger partial charge >= 0.3 is 11.2 Å². The molecule has 17 heavy (non-hydrogen) atoms. The molecule has 1 aromatic heterocycles. The second-order valence-electron chi connectivity index (χ2n) is 3.25. The van der Waals surface area contributed by atoms with E-state index in [1.165, 1.54) is 6.20 Å². The lowest BCUT2D eigenvalue weighted by atomic mass is 10.3. The van der Waals surface area contributed by atoms with Crippen molar-refractivity contribution in [2.24, 2.45) is 0 Å². The van der Waals surface area contributed by atoms with E-state index in [1.807, 2.05) is 0 Å². The quantitative estimate of drug-likeness (QED) is 0.897. The molecule has 0 atom stereocenters. The average Bonchev–Trinajstić information content (AvgIpc) is 2.19. The molecule has 1 N–H and O–H groups in total. The van der Waals surface area contributed by atoms with Crippen molar-refractivity contribution in [1.29, 1.82) is 0 Å². The average molecular weight is 268 g/mol. The van der Waals surface area contributed by atoms with Crippen molar-refractivity contribution < 1.29 is 13.2 Å². The minimum atomic E-state index is -4.31. The van der Waals surface area contributed by atoms with Crippen LogP contribution in [0.25, 0.3) is 0 Å². The van der Waals surface area contributed by atoms with Crippen LogP contribution in [0.4, 0.5) is 13.2 Å². The van der Waals surface area contributed by atoms with E-state index in [9.17, 15) is 22.8 Å².